The lowest BCUT2D eigenvalue weighted by molar-refractivity contribution is 1.29. The highest BCUT2D eigenvalue weighted by atomic mass is 28.3. The predicted molar refractivity (Wildman–Crippen MR) is 154 cm³/mol. The second kappa shape index (κ2) is 10.1. The first-order valence-electron chi connectivity index (χ1n) is 12.3. The lowest BCUT2D eigenvalue weighted by Gasteiger charge is -2.34. The zero-order valence-corrected chi connectivity index (χ0v) is 21.3. The zero-order valence-electron chi connectivity index (χ0n) is 20.3. The first-order valence-corrected chi connectivity index (χ1v) is 14.3. The molecule has 3 aromatic carbocycles. The molecule has 0 N–H and O–H groups in total. The van der Waals surface area contributed by atoms with Crippen molar-refractivity contribution in [3.05, 3.63) is 152 Å². The van der Waals surface area contributed by atoms with E-state index in [0.29, 0.717) is 0 Å². The van der Waals surface area contributed by atoms with Crippen LogP contribution in [-0.4, -0.2) is 23.0 Å². The molecule has 6 rings (SSSR count). The maximum atomic E-state index is 4.79. The van der Waals surface area contributed by atoms with Crippen molar-refractivity contribution in [2.45, 2.75) is 0 Å². The largest absolute Gasteiger partial charge is 0.264 e. The van der Waals surface area contributed by atoms with E-state index < -0.39 is 8.07 Å². The minimum Gasteiger partial charge on any atom is -0.264 e. The van der Waals surface area contributed by atoms with Gasteiger partial charge >= 0.3 is 0 Å². The first kappa shape index (κ1) is 22.8. The molecule has 176 valence electrons. The van der Waals surface area contributed by atoms with E-state index in [1.54, 1.807) is 0 Å². The molecule has 0 unspecified atom stereocenters. The molecule has 3 heterocycles. The van der Waals surface area contributed by atoms with E-state index in [9.17, 15) is 0 Å². The topological polar surface area (TPSA) is 38.7 Å². The van der Waals surface area contributed by atoms with Gasteiger partial charge in [0, 0.05) is 36.5 Å². The van der Waals surface area contributed by atoms with Gasteiger partial charge in [0.25, 0.3) is 0 Å². The molecule has 0 aliphatic rings. The Labute approximate surface area is 218 Å². The lowest BCUT2D eigenvalue weighted by Crippen LogP contribution is -2.75. The van der Waals surface area contributed by atoms with Crippen molar-refractivity contribution in [3.63, 3.8) is 0 Å². The second-order valence-electron chi connectivity index (χ2n) is 8.99. The molecular weight excluding hydrogens is 466 g/mol. The molecule has 0 aliphatic heterocycles. The van der Waals surface area contributed by atoms with E-state index in [1.807, 2.05) is 55.2 Å². The summed E-state index contributed by atoms with van der Waals surface area (Å²) in [4.78, 5) is 14.2. The molecule has 3 aromatic heterocycles. The minimum atomic E-state index is -2.78. The van der Waals surface area contributed by atoms with E-state index >= 15 is 0 Å². The van der Waals surface area contributed by atoms with Crippen molar-refractivity contribution in [1.82, 2.24) is 15.0 Å². The summed E-state index contributed by atoms with van der Waals surface area (Å²) in [7, 11) is -2.78. The Morgan fingerprint density at radius 2 is 0.919 bits per heavy atom. The van der Waals surface area contributed by atoms with E-state index in [1.165, 1.54) is 20.7 Å². The molecule has 0 bridgehead atoms. The van der Waals surface area contributed by atoms with Gasteiger partial charge < -0.3 is 0 Å². The van der Waals surface area contributed by atoms with E-state index in [2.05, 4.69) is 102 Å². The molecule has 0 saturated heterocycles. The third-order valence-electron chi connectivity index (χ3n) is 6.82. The number of benzene rings is 3. The van der Waals surface area contributed by atoms with Gasteiger partial charge in [-0.1, -0.05) is 103 Å². The first-order chi connectivity index (χ1) is 18.4. The van der Waals surface area contributed by atoms with Crippen molar-refractivity contribution in [2.75, 3.05) is 0 Å². The van der Waals surface area contributed by atoms with Crippen LogP contribution in [0.5, 0.6) is 0 Å². The number of nitrogens with zero attached hydrogens (tertiary/aromatic N) is 3. The molecule has 0 radical (unpaired) electrons. The highest BCUT2D eigenvalue weighted by molar-refractivity contribution is 7.19. The van der Waals surface area contributed by atoms with Crippen LogP contribution < -0.4 is 20.7 Å². The fourth-order valence-corrected chi connectivity index (χ4v) is 9.79. The van der Waals surface area contributed by atoms with E-state index in [4.69, 9.17) is 9.97 Å². The molecule has 0 spiro atoms. The molecule has 3 nitrogen and oxygen atoms in total. The van der Waals surface area contributed by atoms with Crippen molar-refractivity contribution in [3.8, 4) is 22.4 Å². The quantitative estimate of drug-likeness (QED) is 0.320. The van der Waals surface area contributed by atoms with Crippen LogP contribution in [0.25, 0.3) is 22.4 Å². The predicted octanol–water partition coefficient (Wildman–Crippen LogP) is 4.58. The standard InChI is InChI=1S/C33H25N3Si/c1-4-12-26(13-5-1)27-20-31(24-34-22-27)37(29-14-6-2-7-15-29,30-16-8-3-9-17-30)32-21-28(23-35-25-32)33-18-10-11-19-36-33/h1-25H. The normalized spacial score (nSPS) is 11.2. The monoisotopic (exact) mass is 491 g/mol. The van der Waals surface area contributed by atoms with Gasteiger partial charge in [-0.2, -0.15) is 0 Å². The molecule has 0 aliphatic carbocycles. The van der Waals surface area contributed by atoms with Crippen LogP contribution in [0.4, 0.5) is 0 Å². The van der Waals surface area contributed by atoms with Gasteiger partial charge in [0.05, 0.1) is 5.69 Å². The zero-order chi connectivity index (χ0) is 24.9. The molecule has 0 amide bonds. The third kappa shape index (κ3) is 4.28. The summed E-state index contributed by atoms with van der Waals surface area (Å²) >= 11 is 0. The summed E-state index contributed by atoms with van der Waals surface area (Å²) in [6, 6.07) is 42.7. The van der Waals surface area contributed by atoms with Crippen LogP contribution >= 0.6 is 0 Å². The number of rotatable bonds is 6. The van der Waals surface area contributed by atoms with Gasteiger partial charge in [-0.25, -0.2) is 0 Å². The summed E-state index contributed by atoms with van der Waals surface area (Å²) in [5, 5.41) is 4.98. The third-order valence-corrected chi connectivity index (χ3v) is 11.5. The van der Waals surface area contributed by atoms with Crippen LogP contribution in [0, 0.1) is 0 Å². The average molecular weight is 492 g/mol. The Bertz CT molecular complexity index is 1480. The van der Waals surface area contributed by atoms with Crippen molar-refractivity contribution >= 4 is 28.8 Å². The van der Waals surface area contributed by atoms with Gasteiger partial charge in [0.15, 0.2) is 8.07 Å². The van der Waals surface area contributed by atoms with Crippen LogP contribution in [0.3, 0.4) is 0 Å². The summed E-state index contributed by atoms with van der Waals surface area (Å²) < 4.78 is 0. The minimum absolute atomic E-state index is 0.914. The van der Waals surface area contributed by atoms with Crippen LogP contribution in [0.15, 0.2) is 152 Å². The summed E-state index contributed by atoms with van der Waals surface area (Å²) in [5.74, 6) is 0. The number of aromatic nitrogens is 3. The molecule has 37 heavy (non-hydrogen) atoms. The Morgan fingerprint density at radius 3 is 1.49 bits per heavy atom. The Hall–Kier alpha value is -4.67. The van der Waals surface area contributed by atoms with Crippen molar-refractivity contribution in [1.29, 1.82) is 0 Å². The molecule has 0 fully saturated rings. The van der Waals surface area contributed by atoms with Gasteiger partial charge in [0.1, 0.15) is 0 Å². The van der Waals surface area contributed by atoms with Crippen LogP contribution in [-0.2, 0) is 0 Å². The molecule has 0 saturated carbocycles. The highest BCUT2D eigenvalue weighted by Gasteiger charge is 2.42. The Morgan fingerprint density at radius 1 is 0.405 bits per heavy atom. The van der Waals surface area contributed by atoms with Gasteiger partial charge in [-0.15, -0.1) is 0 Å². The average Bonchev–Trinajstić information content (AvgIpc) is 3.00. The molecule has 4 heteroatoms. The summed E-state index contributed by atoms with van der Waals surface area (Å²) in [5.41, 5.74) is 4.18. The Kier molecular flexibility index (Phi) is 6.23. The SMILES string of the molecule is c1ccc(-c2cncc([Si](c3ccccc3)(c3ccccc3)c3cncc(-c4ccccn4)c3)c2)cc1. The summed E-state index contributed by atoms with van der Waals surface area (Å²) in [6.45, 7) is 0. The van der Waals surface area contributed by atoms with Crippen LogP contribution in [0.2, 0.25) is 0 Å². The van der Waals surface area contributed by atoms with Crippen molar-refractivity contribution in [2.24, 2.45) is 0 Å². The van der Waals surface area contributed by atoms with E-state index in [0.717, 1.165) is 22.4 Å². The van der Waals surface area contributed by atoms with Crippen molar-refractivity contribution < 1.29 is 0 Å². The lowest BCUT2D eigenvalue weighted by atomic mass is 10.1. The fraction of sp³-hybridized carbons (Fsp3) is 0. The Balaban J connectivity index is 1.68. The fourth-order valence-electron chi connectivity index (χ4n) is 5.13. The van der Waals surface area contributed by atoms with Crippen LogP contribution in [0.1, 0.15) is 0 Å². The van der Waals surface area contributed by atoms with Gasteiger partial charge in [0.2, 0.25) is 0 Å². The smallest absolute Gasteiger partial charge is 0.182 e. The highest BCUT2D eigenvalue weighted by Crippen LogP contribution is 2.20. The summed E-state index contributed by atoms with van der Waals surface area (Å²) in [6.07, 6.45) is 9.77. The maximum absolute atomic E-state index is 4.79. The number of hydrogen-bond donors (Lipinski definition) is 0. The second-order valence-corrected chi connectivity index (χ2v) is 12.8. The number of hydrogen-bond acceptors (Lipinski definition) is 3. The van der Waals surface area contributed by atoms with Gasteiger partial charge in [-0.05, 0) is 50.1 Å². The van der Waals surface area contributed by atoms with Gasteiger partial charge in [-0.3, -0.25) is 15.0 Å². The molecule has 6 aromatic rings. The maximum Gasteiger partial charge on any atom is 0.182 e. The molecular formula is C33H25N3Si. The number of pyridine rings is 3. The molecule has 0 atom stereocenters. The van der Waals surface area contributed by atoms with E-state index in [-0.39, 0.29) is 0 Å².